The molecule has 1 aromatic carbocycles. The molecule has 0 fully saturated rings. The van der Waals surface area contributed by atoms with E-state index in [1.807, 2.05) is 30.1 Å². The third-order valence-corrected chi connectivity index (χ3v) is 1.66. The number of hydrogen-bond donors (Lipinski definition) is 0. The molecule has 0 bridgehead atoms. The van der Waals surface area contributed by atoms with E-state index in [4.69, 9.17) is 0 Å². The quantitative estimate of drug-likeness (QED) is 0.560. The summed E-state index contributed by atoms with van der Waals surface area (Å²) < 4.78 is 1.87. The van der Waals surface area contributed by atoms with Crippen molar-refractivity contribution in [2.45, 2.75) is 7.43 Å². The molecule has 0 saturated carbocycles. The molecule has 0 aliphatic carbocycles. The summed E-state index contributed by atoms with van der Waals surface area (Å²) >= 11 is 0. The first kappa shape index (κ1) is 7.79. The van der Waals surface area contributed by atoms with Crippen molar-refractivity contribution in [3.63, 3.8) is 0 Å². The van der Waals surface area contributed by atoms with E-state index in [-0.39, 0.29) is 7.43 Å². The Morgan fingerprint density at radius 3 is 2.73 bits per heavy atom. The van der Waals surface area contributed by atoms with Crippen molar-refractivity contribution in [3.05, 3.63) is 30.5 Å². The smallest absolute Gasteiger partial charge is 0.0679 e. The summed E-state index contributed by atoms with van der Waals surface area (Å²) in [6, 6.07) is 8.15. The van der Waals surface area contributed by atoms with Gasteiger partial charge in [-0.05, 0) is 6.07 Å². The predicted molar refractivity (Wildman–Crippen MR) is 47.4 cm³/mol. The lowest BCUT2D eigenvalue weighted by molar-refractivity contribution is 0.797. The Hall–Kier alpha value is -1.31. The van der Waals surface area contributed by atoms with Crippen LogP contribution in [0.25, 0.3) is 10.9 Å². The second-order valence-corrected chi connectivity index (χ2v) is 2.33. The van der Waals surface area contributed by atoms with Gasteiger partial charge in [-0.15, -0.1) is 0 Å². The van der Waals surface area contributed by atoms with Crippen molar-refractivity contribution in [2.75, 3.05) is 0 Å². The van der Waals surface area contributed by atoms with Crippen molar-refractivity contribution in [1.29, 1.82) is 0 Å². The monoisotopic (exact) mass is 148 g/mol. The van der Waals surface area contributed by atoms with E-state index in [1.54, 1.807) is 0 Å². The van der Waals surface area contributed by atoms with Crippen molar-refractivity contribution in [3.8, 4) is 0 Å². The van der Waals surface area contributed by atoms with E-state index in [0.29, 0.717) is 0 Å². The Morgan fingerprint density at radius 2 is 2.00 bits per heavy atom. The zero-order chi connectivity index (χ0) is 6.97. The van der Waals surface area contributed by atoms with Gasteiger partial charge in [-0.1, -0.05) is 25.6 Å². The minimum atomic E-state index is 0. The number of hydrogen-bond acceptors (Lipinski definition) is 1. The minimum absolute atomic E-state index is 0. The molecular formula is C9H12N2. The van der Waals surface area contributed by atoms with Crippen LogP contribution in [0.2, 0.25) is 0 Å². The number of aryl methyl sites for hydroxylation is 1. The van der Waals surface area contributed by atoms with E-state index < -0.39 is 0 Å². The van der Waals surface area contributed by atoms with Gasteiger partial charge in [0.05, 0.1) is 11.7 Å². The Morgan fingerprint density at radius 1 is 1.27 bits per heavy atom. The second kappa shape index (κ2) is 2.74. The van der Waals surface area contributed by atoms with Crippen LogP contribution in [-0.2, 0) is 7.05 Å². The molecule has 0 amide bonds. The van der Waals surface area contributed by atoms with Gasteiger partial charge in [0.2, 0.25) is 0 Å². The number of aromatic nitrogens is 2. The molecule has 2 heteroatoms. The van der Waals surface area contributed by atoms with E-state index in [2.05, 4.69) is 17.2 Å². The standard InChI is InChI=1S/C8H8N2.CH4/c1-10-8-5-3-2-4-7(8)6-9-10;/h2-6H,1H3;1H4. The second-order valence-electron chi connectivity index (χ2n) is 2.33. The molecule has 0 atom stereocenters. The molecule has 0 radical (unpaired) electrons. The topological polar surface area (TPSA) is 17.8 Å². The third-order valence-electron chi connectivity index (χ3n) is 1.66. The fourth-order valence-corrected chi connectivity index (χ4v) is 1.10. The van der Waals surface area contributed by atoms with E-state index in [9.17, 15) is 0 Å². The molecule has 1 heterocycles. The Kier molecular flexibility index (Phi) is 1.94. The molecule has 2 rings (SSSR count). The van der Waals surface area contributed by atoms with Crippen LogP contribution in [0, 0.1) is 0 Å². The SMILES string of the molecule is C.Cn1ncc2ccccc21. The normalized spacial score (nSPS) is 9.55. The van der Waals surface area contributed by atoms with Crippen LogP contribution in [-0.4, -0.2) is 9.78 Å². The van der Waals surface area contributed by atoms with Gasteiger partial charge >= 0.3 is 0 Å². The first-order valence-corrected chi connectivity index (χ1v) is 3.25. The van der Waals surface area contributed by atoms with Gasteiger partial charge in [0.15, 0.2) is 0 Å². The van der Waals surface area contributed by atoms with Gasteiger partial charge in [-0.25, -0.2) is 0 Å². The van der Waals surface area contributed by atoms with Crippen molar-refractivity contribution < 1.29 is 0 Å². The van der Waals surface area contributed by atoms with Gasteiger partial charge in [-0.3, -0.25) is 4.68 Å². The third kappa shape index (κ3) is 1.11. The van der Waals surface area contributed by atoms with Crippen molar-refractivity contribution in [1.82, 2.24) is 9.78 Å². The highest BCUT2D eigenvalue weighted by Crippen LogP contribution is 2.09. The zero-order valence-corrected chi connectivity index (χ0v) is 5.78. The summed E-state index contributed by atoms with van der Waals surface area (Å²) in [6.45, 7) is 0. The van der Waals surface area contributed by atoms with E-state index in [0.717, 1.165) is 0 Å². The summed E-state index contributed by atoms with van der Waals surface area (Å²) in [4.78, 5) is 0. The molecule has 0 N–H and O–H groups in total. The summed E-state index contributed by atoms with van der Waals surface area (Å²) in [7, 11) is 1.95. The highest BCUT2D eigenvalue weighted by atomic mass is 15.2. The molecule has 0 spiro atoms. The number of para-hydroxylation sites is 1. The maximum absolute atomic E-state index is 4.11. The maximum atomic E-state index is 4.11. The highest BCUT2D eigenvalue weighted by molar-refractivity contribution is 5.78. The molecule has 11 heavy (non-hydrogen) atoms. The van der Waals surface area contributed by atoms with Crippen LogP contribution < -0.4 is 0 Å². The van der Waals surface area contributed by atoms with Gasteiger partial charge in [0.1, 0.15) is 0 Å². The summed E-state index contributed by atoms with van der Waals surface area (Å²) in [6.07, 6.45) is 1.87. The van der Waals surface area contributed by atoms with Gasteiger partial charge in [0, 0.05) is 12.4 Å². The summed E-state index contributed by atoms with van der Waals surface area (Å²) in [5.41, 5.74) is 1.18. The Balaban J connectivity index is 0.000000605. The van der Waals surface area contributed by atoms with Crippen LogP contribution in [0.4, 0.5) is 0 Å². The molecule has 0 unspecified atom stereocenters. The van der Waals surface area contributed by atoms with Crippen LogP contribution in [0.1, 0.15) is 7.43 Å². The molecular weight excluding hydrogens is 136 g/mol. The fourth-order valence-electron chi connectivity index (χ4n) is 1.10. The number of fused-ring (bicyclic) bond motifs is 1. The minimum Gasteiger partial charge on any atom is -0.268 e. The first-order chi connectivity index (χ1) is 4.88. The van der Waals surface area contributed by atoms with Crippen LogP contribution in [0.5, 0.6) is 0 Å². The lowest BCUT2D eigenvalue weighted by Gasteiger charge is -1.90. The molecule has 0 saturated heterocycles. The largest absolute Gasteiger partial charge is 0.268 e. The highest BCUT2D eigenvalue weighted by Gasteiger charge is 1.93. The van der Waals surface area contributed by atoms with Gasteiger partial charge in [-0.2, -0.15) is 5.10 Å². The molecule has 0 aliphatic heterocycles. The molecule has 1 aromatic heterocycles. The van der Waals surface area contributed by atoms with Crippen LogP contribution in [0.15, 0.2) is 30.5 Å². The fraction of sp³-hybridized carbons (Fsp3) is 0.222. The molecule has 2 nitrogen and oxygen atoms in total. The average molecular weight is 148 g/mol. The number of nitrogens with zero attached hydrogens (tertiary/aromatic N) is 2. The number of rotatable bonds is 0. The van der Waals surface area contributed by atoms with Crippen molar-refractivity contribution >= 4 is 10.9 Å². The predicted octanol–water partition coefficient (Wildman–Crippen LogP) is 2.21. The Labute approximate surface area is 66.5 Å². The molecule has 58 valence electrons. The molecule has 0 aliphatic rings. The maximum Gasteiger partial charge on any atom is 0.0679 e. The van der Waals surface area contributed by atoms with Crippen LogP contribution >= 0.6 is 0 Å². The lowest BCUT2D eigenvalue weighted by Crippen LogP contribution is -1.87. The average Bonchev–Trinajstić information content (AvgIpc) is 2.34. The molecule has 2 aromatic rings. The number of benzene rings is 1. The van der Waals surface area contributed by atoms with E-state index >= 15 is 0 Å². The lowest BCUT2D eigenvalue weighted by atomic mass is 10.3. The van der Waals surface area contributed by atoms with Gasteiger partial charge < -0.3 is 0 Å². The van der Waals surface area contributed by atoms with E-state index in [1.165, 1.54) is 10.9 Å². The van der Waals surface area contributed by atoms with Gasteiger partial charge in [0.25, 0.3) is 0 Å². The summed E-state index contributed by atoms with van der Waals surface area (Å²) in [5.74, 6) is 0. The zero-order valence-electron chi connectivity index (χ0n) is 5.78. The first-order valence-electron chi connectivity index (χ1n) is 3.25. The Bertz CT molecular complexity index is 349. The van der Waals surface area contributed by atoms with Crippen molar-refractivity contribution in [2.24, 2.45) is 7.05 Å². The summed E-state index contributed by atoms with van der Waals surface area (Å²) in [5, 5.41) is 5.31. The van der Waals surface area contributed by atoms with Crippen LogP contribution in [0.3, 0.4) is 0 Å².